The number of aromatic nitrogens is 4. The monoisotopic (exact) mass is 253 g/mol. The van der Waals surface area contributed by atoms with Gasteiger partial charge < -0.3 is 10.1 Å². The Hall–Kier alpha value is -1.01. The van der Waals surface area contributed by atoms with Crippen molar-refractivity contribution in [3.05, 3.63) is 5.82 Å². The molecule has 0 aliphatic heterocycles. The summed E-state index contributed by atoms with van der Waals surface area (Å²) in [5, 5.41) is 14.9. The zero-order chi connectivity index (χ0) is 12.6. The number of ether oxygens (including phenoxy) is 1. The van der Waals surface area contributed by atoms with Crippen LogP contribution in [0, 0.1) is 0 Å². The van der Waals surface area contributed by atoms with Crippen molar-refractivity contribution in [2.75, 3.05) is 13.2 Å². The van der Waals surface area contributed by atoms with Gasteiger partial charge in [0.05, 0.1) is 25.8 Å². The molecular weight excluding hydrogens is 230 g/mol. The van der Waals surface area contributed by atoms with Crippen molar-refractivity contribution in [3.63, 3.8) is 0 Å². The molecule has 102 valence electrons. The van der Waals surface area contributed by atoms with Crippen molar-refractivity contribution >= 4 is 0 Å². The molecule has 18 heavy (non-hydrogen) atoms. The van der Waals surface area contributed by atoms with E-state index in [1.807, 2.05) is 4.68 Å². The van der Waals surface area contributed by atoms with E-state index in [0.717, 1.165) is 18.9 Å². The zero-order valence-electron chi connectivity index (χ0n) is 11.1. The third kappa shape index (κ3) is 4.03. The zero-order valence-corrected chi connectivity index (χ0v) is 11.1. The molecule has 6 heteroatoms. The summed E-state index contributed by atoms with van der Waals surface area (Å²) in [4.78, 5) is 0. The number of rotatable bonds is 7. The Kier molecular flexibility index (Phi) is 5.54. The van der Waals surface area contributed by atoms with Crippen LogP contribution in [0.5, 0.6) is 0 Å². The molecule has 1 fully saturated rings. The van der Waals surface area contributed by atoms with Crippen LogP contribution < -0.4 is 5.32 Å². The molecule has 0 radical (unpaired) electrons. The molecule has 1 aromatic rings. The highest BCUT2D eigenvalue weighted by molar-refractivity contribution is 4.79. The molecule has 1 aromatic heterocycles. The fraction of sp³-hybridized carbons (Fsp3) is 0.917. The van der Waals surface area contributed by atoms with Gasteiger partial charge in [0.15, 0.2) is 5.82 Å². The van der Waals surface area contributed by atoms with Gasteiger partial charge in [0, 0.05) is 0 Å². The first-order valence-electron chi connectivity index (χ1n) is 6.97. The molecule has 1 aliphatic carbocycles. The predicted molar refractivity (Wildman–Crippen MR) is 68.0 cm³/mol. The van der Waals surface area contributed by atoms with Gasteiger partial charge in [-0.15, -0.1) is 5.10 Å². The first kappa shape index (κ1) is 13.4. The Labute approximate surface area is 108 Å². The van der Waals surface area contributed by atoms with Crippen LogP contribution >= 0.6 is 0 Å². The SMILES string of the molecule is CCNCc1nnnn1CCOC1CCCCC1. The summed E-state index contributed by atoms with van der Waals surface area (Å²) in [6.07, 6.45) is 6.84. The second kappa shape index (κ2) is 7.43. The van der Waals surface area contributed by atoms with E-state index < -0.39 is 0 Å². The summed E-state index contributed by atoms with van der Waals surface area (Å²) in [7, 11) is 0. The molecule has 2 rings (SSSR count). The summed E-state index contributed by atoms with van der Waals surface area (Å²) in [6, 6.07) is 0. The van der Waals surface area contributed by atoms with Crippen LogP contribution in [0.3, 0.4) is 0 Å². The Bertz CT molecular complexity index is 335. The van der Waals surface area contributed by atoms with Gasteiger partial charge in [-0.1, -0.05) is 26.2 Å². The van der Waals surface area contributed by atoms with Crippen molar-refractivity contribution in [1.82, 2.24) is 25.5 Å². The molecule has 0 unspecified atom stereocenters. The smallest absolute Gasteiger partial charge is 0.165 e. The van der Waals surface area contributed by atoms with Gasteiger partial charge in [-0.25, -0.2) is 4.68 Å². The Morgan fingerprint density at radius 1 is 1.33 bits per heavy atom. The van der Waals surface area contributed by atoms with Crippen molar-refractivity contribution in [3.8, 4) is 0 Å². The normalized spacial score (nSPS) is 17.2. The van der Waals surface area contributed by atoms with E-state index in [4.69, 9.17) is 4.74 Å². The third-order valence-electron chi connectivity index (χ3n) is 3.35. The molecule has 1 heterocycles. The molecule has 0 bridgehead atoms. The largest absolute Gasteiger partial charge is 0.376 e. The minimum absolute atomic E-state index is 0.451. The van der Waals surface area contributed by atoms with Crippen LogP contribution in [0.2, 0.25) is 0 Å². The second-order valence-electron chi connectivity index (χ2n) is 4.73. The summed E-state index contributed by atoms with van der Waals surface area (Å²) < 4.78 is 7.70. The van der Waals surface area contributed by atoms with Crippen LogP contribution in [-0.4, -0.2) is 39.5 Å². The van der Waals surface area contributed by atoms with E-state index in [1.165, 1.54) is 32.1 Å². The van der Waals surface area contributed by atoms with Gasteiger partial charge >= 0.3 is 0 Å². The first-order valence-corrected chi connectivity index (χ1v) is 6.97. The predicted octanol–water partition coefficient (Wildman–Crippen LogP) is 1.13. The molecule has 1 saturated carbocycles. The van der Waals surface area contributed by atoms with E-state index in [2.05, 4.69) is 27.8 Å². The van der Waals surface area contributed by atoms with Gasteiger partial charge in [0.25, 0.3) is 0 Å². The van der Waals surface area contributed by atoms with E-state index >= 15 is 0 Å². The van der Waals surface area contributed by atoms with Crippen molar-refractivity contribution < 1.29 is 4.74 Å². The Morgan fingerprint density at radius 3 is 2.94 bits per heavy atom. The maximum Gasteiger partial charge on any atom is 0.165 e. The molecule has 0 spiro atoms. The number of hydrogen-bond donors (Lipinski definition) is 1. The third-order valence-corrected chi connectivity index (χ3v) is 3.35. The first-order chi connectivity index (χ1) is 8.90. The Balaban J connectivity index is 1.70. The molecule has 1 N–H and O–H groups in total. The average molecular weight is 253 g/mol. The van der Waals surface area contributed by atoms with Gasteiger partial charge in [-0.05, 0) is 29.8 Å². The van der Waals surface area contributed by atoms with Gasteiger partial charge in [0.2, 0.25) is 0 Å². The molecule has 6 nitrogen and oxygen atoms in total. The lowest BCUT2D eigenvalue weighted by Crippen LogP contribution is -2.22. The lowest BCUT2D eigenvalue weighted by atomic mass is 9.98. The highest BCUT2D eigenvalue weighted by Crippen LogP contribution is 2.20. The highest BCUT2D eigenvalue weighted by Gasteiger charge is 2.13. The van der Waals surface area contributed by atoms with E-state index in [0.29, 0.717) is 19.3 Å². The topological polar surface area (TPSA) is 64.9 Å². The summed E-state index contributed by atoms with van der Waals surface area (Å²) in [5.41, 5.74) is 0. The van der Waals surface area contributed by atoms with Crippen molar-refractivity contribution in [2.24, 2.45) is 0 Å². The van der Waals surface area contributed by atoms with Crippen LogP contribution in [0.1, 0.15) is 44.9 Å². The van der Waals surface area contributed by atoms with Gasteiger partial charge in [-0.2, -0.15) is 0 Å². The number of nitrogens with zero attached hydrogens (tertiary/aromatic N) is 4. The number of tetrazole rings is 1. The second-order valence-corrected chi connectivity index (χ2v) is 4.73. The highest BCUT2D eigenvalue weighted by atomic mass is 16.5. The van der Waals surface area contributed by atoms with Crippen LogP contribution in [0.25, 0.3) is 0 Å². The molecule has 0 atom stereocenters. The minimum atomic E-state index is 0.451. The number of nitrogens with one attached hydrogen (secondary N) is 1. The summed E-state index contributed by atoms with van der Waals surface area (Å²) >= 11 is 0. The maximum absolute atomic E-state index is 5.88. The molecule has 0 aromatic carbocycles. The molecular formula is C12H23N5O. The fourth-order valence-electron chi connectivity index (χ4n) is 2.30. The molecule has 0 amide bonds. The van der Waals surface area contributed by atoms with E-state index in [9.17, 15) is 0 Å². The van der Waals surface area contributed by atoms with E-state index in [1.54, 1.807) is 0 Å². The minimum Gasteiger partial charge on any atom is -0.376 e. The van der Waals surface area contributed by atoms with Crippen LogP contribution in [0.15, 0.2) is 0 Å². The average Bonchev–Trinajstić information content (AvgIpc) is 2.85. The maximum atomic E-state index is 5.88. The van der Waals surface area contributed by atoms with Crippen molar-refractivity contribution in [2.45, 2.75) is 58.2 Å². The van der Waals surface area contributed by atoms with E-state index in [-0.39, 0.29) is 0 Å². The summed E-state index contributed by atoms with van der Waals surface area (Å²) in [5.74, 6) is 0.879. The molecule has 1 aliphatic rings. The van der Waals surface area contributed by atoms with Gasteiger partial charge in [0.1, 0.15) is 0 Å². The lowest BCUT2D eigenvalue weighted by molar-refractivity contribution is 0.0223. The molecule has 0 saturated heterocycles. The standard InChI is InChI=1S/C12H23N5O/c1-2-13-10-12-14-15-16-17(12)8-9-18-11-6-4-3-5-7-11/h11,13H,2-10H2,1H3. The lowest BCUT2D eigenvalue weighted by Gasteiger charge is -2.21. The quantitative estimate of drug-likeness (QED) is 0.789. The Morgan fingerprint density at radius 2 is 2.17 bits per heavy atom. The fourth-order valence-corrected chi connectivity index (χ4v) is 2.30. The van der Waals surface area contributed by atoms with Gasteiger partial charge in [-0.3, -0.25) is 0 Å². The summed E-state index contributed by atoms with van der Waals surface area (Å²) in [6.45, 7) is 5.15. The van der Waals surface area contributed by atoms with Crippen LogP contribution in [0.4, 0.5) is 0 Å². The number of hydrogen-bond acceptors (Lipinski definition) is 5. The van der Waals surface area contributed by atoms with Crippen molar-refractivity contribution in [1.29, 1.82) is 0 Å². The van der Waals surface area contributed by atoms with Crippen LogP contribution in [-0.2, 0) is 17.8 Å².